The molecule has 0 aromatic heterocycles. The molecule has 1 fully saturated rings. The second kappa shape index (κ2) is 13.2. The zero-order valence-electron chi connectivity index (χ0n) is 22.6. The van der Waals surface area contributed by atoms with Crippen LogP contribution in [0.3, 0.4) is 0 Å². The molecule has 1 aliphatic heterocycles. The minimum atomic E-state index is -5.16. The second-order valence-electron chi connectivity index (χ2n) is 9.35. The molecule has 216 valence electrons. The second-order valence-corrected chi connectivity index (χ2v) is 9.35. The molecule has 1 saturated heterocycles. The van der Waals surface area contributed by atoms with Crippen LogP contribution in [0.25, 0.3) is 6.08 Å². The molecule has 3 aromatic rings. The minimum absolute atomic E-state index is 0.0629. The Morgan fingerprint density at radius 3 is 2.34 bits per heavy atom. The average molecular weight is 570 g/mol. The van der Waals surface area contributed by atoms with Gasteiger partial charge in [0.2, 0.25) is 5.91 Å². The average Bonchev–Trinajstić information content (AvgIpc) is 2.96. The van der Waals surface area contributed by atoms with Crippen LogP contribution in [-0.4, -0.2) is 63.3 Å². The fraction of sp³-hybridized carbons (Fsp3) is 0.267. The molecule has 0 atom stereocenters. The first-order valence-electron chi connectivity index (χ1n) is 12.8. The van der Waals surface area contributed by atoms with E-state index >= 15 is 0 Å². The number of ether oxygens (including phenoxy) is 3. The topological polar surface area (TPSA) is 80.3 Å². The summed E-state index contributed by atoms with van der Waals surface area (Å²) in [5.41, 5.74) is 2.77. The fourth-order valence-corrected chi connectivity index (χ4v) is 4.13. The van der Waals surface area contributed by atoms with Crippen molar-refractivity contribution in [1.82, 2.24) is 4.90 Å². The predicted octanol–water partition coefficient (Wildman–Crippen LogP) is 5.15. The summed E-state index contributed by atoms with van der Waals surface area (Å²) in [5, 5.41) is 2.79. The van der Waals surface area contributed by atoms with E-state index in [1.165, 1.54) is 37.5 Å². The van der Waals surface area contributed by atoms with Crippen LogP contribution >= 0.6 is 0 Å². The highest BCUT2D eigenvalue weighted by molar-refractivity contribution is 6.02. The van der Waals surface area contributed by atoms with E-state index in [1.54, 1.807) is 12.1 Å². The number of anilines is 2. The fourth-order valence-electron chi connectivity index (χ4n) is 4.13. The molecule has 1 heterocycles. The third kappa shape index (κ3) is 8.24. The van der Waals surface area contributed by atoms with Crippen molar-refractivity contribution < 1.29 is 37.0 Å². The van der Waals surface area contributed by atoms with Crippen molar-refractivity contribution in [3.05, 3.63) is 83.9 Å². The van der Waals surface area contributed by atoms with Crippen molar-refractivity contribution >= 4 is 29.3 Å². The molecular formula is C30H30F3N3O5. The van der Waals surface area contributed by atoms with Gasteiger partial charge in [-0.2, -0.15) is 13.2 Å². The number of likely N-dealkylation sites (N-methyl/N-ethyl adjacent to an activating group) is 1. The van der Waals surface area contributed by atoms with Gasteiger partial charge in [-0.25, -0.2) is 4.79 Å². The van der Waals surface area contributed by atoms with Gasteiger partial charge in [-0.15, -0.1) is 0 Å². The molecule has 0 saturated carbocycles. The Kier molecular flexibility index (Phi) is 9.51. The Labute approximate surface area is 235 Å². The number of halogens is 3. The molecule has 1 amide bonds. The Morgan fingerprint density at radius 2 is 1.66 bits per heavy atom. The van der Waals surface area contributed by atoms with Gasteiger partial charge in [0.1, 0.15) is 12.4 Å². The largest absolute Gasteiger partial charge is 0.493 e. The van der Waals surface area contributed by atoms with Crippen molar-refractivity contribution in [1.29, 1.82) is 0 Å². The van der Waals surface area contributed by atoms with Gasteiger partial charge in [-0.1, -0.05) is 24.3 Å². The van der Waals surface area contributed by atoms with Crippen LogP contribution in [0.15, 0.2) is 72.8 Å². The van der Waals surface area contributed by atoms with Gasteiger partial charge >= 0.3 is 12.1 Å². The number of hydrogen-bond donors (Lipinski definition) is 1. The Hall–Kier alpha value is -4.51. The molecule has 41 heavy (non-hydrogen) atoms. The third-order valence-electron chi connectivity index (χ3n) is 6.42. The number of hydrogen-bond acceptors (Lipinski definition) is 7. The lowest BCUT2D eigenvalue weighted by atomic mass is 10.1. The Balaban J connectivity index is 1.36. The van der Waals surface area contributed by atoms with Gasteiger partial charge in [0.15, 0.2) is 11.5 Å². The van der Waals surface area contributed by atoms with Gasteiger partial charge in [0.05, 0.1) is 7.11 Å². The number of para-hydroxylation sites is 1. The predicted molar refractivity (Wildman–Crippen MR) is 149 cm³/mol. The lowest BCUT2D eigenvalue weighted by Gasteiger charge is -2.34. The molecular weight excluding hydrogens is 539 g/mol. The zero-order valence-corrected chi connectivity index (χ0v) is 22.6. The molecule has 0 spiro atoms. The molecule has 1 aliphatic rings. The molecule has 11 heteroatoms. The smallest absolute Gasteiger partial charge is 0.491 e. The van der Waals surface area contributed by atoms with Crippen LogP contribution < -0.4 is 24.4 Å². The molecule has 0 unspecified atom stereocenters. The van der Waals surface area contributed by atoms with Crippen molar-refractivity contribution in [2.75, 3.05) is 50.6 Å². The van der Waals surface area contributed by atoms with Crippen LogP contribution in [0, 0.1) is 0 Å². The Bertz CT molecular complexity index is 1380. The molecule has 0 radical (unpaired) electrons. The summed E-state index contributed by atoms with van der Waals surface area (Å²) in [6.07, 6.45) is -2.57. The van der Waals surface area contributed by atoms with E-state index < -0.39 is 23.8 Å². The highest BCUT2D eigenvalue weighted by atomic mass is 19.4. The van der Waals surface area contributed by atoms with Crippen LogP contribution in [0.2, 0.25) is 0 Å². The molecule has 0 bridgehead atoms. The number of alkyl halides is 3. The Morgan fingerprint density at radius 1 is 0.951 bits per heavy atom. The number of amides is 1. The number of benzene rings is 3. The number of methoxy groups -OCH3 is 1. The van der Waals surface area contributed by atoms with Gasteiger partial charge in [0.25, 0.3) is 0 Å². The lowest BCUT2D eigenvalue weighted by Crippen LogP contribution is -2.44. The first-order valence-corrected chi connectivity index (χ1v) is 12.8. The monoisotopic (exact) mass is 569 g/mol. The number of esters is 1. The maximum absolute atomic E-state index is 12.6. The molecule has 4 rings (SSSR count). The van der Waals surface area contributed by atoms with Gasteiger partial charge < -0.3 is 29.3 Å². The number of nitrogens with one attached hydrogen (secondary N) is 1. The number of rotatable bonds is 9. The van der Waals surface area contributed by atoms with Crippen LogP contribution in [0.5, 0.6) is 17.2 Å². The maximum atomic E-state index is 12.6. The number of nitrogens with zero attached hydrogens (tertiary/aromatic N) is 2. The van der Waals surface area contributed by atoms with Crippen LogP contribution in [0.4, 0.5) is 24.5 Å². The first-order chi connectivity index (χ1) is 19.6. The molecule has 8 nitrogen and oxygen atoms in total. The number of piperazine rings is 1. The molecule has 1 N–H and O–H groups in total. The summed E-state index contributed by atoms with van der Waals surface area (Å²) < 4.78 is 53.2. The number of carbonyl (C=O) groups excluding carboxylic acids is 2. The molecule has 0 aliphatic carbocycles. The summed E-state index contributed by atoms with van der Waals surface area (Å²) in [4.78, 5) is 28.5. The van der Waals surface area contributed by atoms with Crippen molar-refractivity contribution in [2.45, 2.75) is 12.8 Å². The third-order valence-corrected chi connectivity index (χ3v) is 6.42. The SMILES string of the molecule is COc1ccc(/C=C/C(=O)Nc2ccccc2COc2ccc(N3CCN(C)CC3)cc2)cc1OC(=O)C(F)(F)F. The molecule has 3 aromatic carbocycles. The number of carbonyl (C=O) groups is 2. The van der Waals surface area contributed by atoms with E-state index in [-0.39, 0.29) is 12.4 Å². The summed E-state index contributed by atoms with van der Waals surface area (Å²) in [6.45, 7) is 4.22. The van der Waals surface area contributed by atoms with E-state index in [4.69, 9.17) is 9.47 Å². The van der Waals surface area contributed by atoms with E-state index in [2.05, 4.69) is 26.9 Å². The minimum Gasteiger partial charge on any atom is -0.493 e. The van der Waals surface area contributed by atoms with Crippen molar-refractivity contribution in [2.24, 2.45) is 0 Å². The van der Waals surface area contributed by atoms with E-state index in [9.17, 15) is 22.8 Å². The quantitative estimate of drug-likeness (QED) is 0.217. The van der Waals surface area contributed by atoms with Gasteiger partial charge in [-0.3, -0.25) is 4.79 Å². The summed E-state index contributed by atoms with van der Waals surface area (Å²) in [5.74, 6) is -2.63. The van der Waals surface area contributed by atoms with Crippen molar-refractivity contribution in [3.63, 3.8) is 0 Å². The summed E-state index contributed by atoms with van der Waals surface area (Å²) >= 11 is 0. The summed E-state index contributed by atoms with van der Waals surface area (Å²) in [6, 6.07) is 19.1. The van der Waals surface area contributed by atoms with E-state index in [1.807, 2.05) is 36.4 Å². The highest BCUT2D eigenvalue weighted by Gasteiger charge is 2.41. The highest BCUT2D eigenvalue weighted by Crippen LogP contribution is 2.31. The van der Waals surface area contributed by atoms with Crippen LogP contribution in [-0.2, 0) is 16.2 Å². The normalized spacial score (nSPS) is 14.1. The maximum Gasteiger partial charge on any atom is 0.491 e. The summed E-state index contributed by atoms with van der Waals surface area (Å²) in [7, 11) is 3.35. The van der Waals surface area contributed by atoms with Gasteiger partial charge in [-0.05, 0) is 61.2 Å². The van der Waals surface area contributed by atoms with Crippen molar-refractivity contribution in [3.8, 4) is 17.2 Å². The van der Waals surface area contributed by atoms with E-state index in [0.717, 1.165) is 37.4 Å². The zero-order chi connectivity index (χ0) is 29.4. The standard InChI is InChI=1S/C30H30F3N3O5/c1-35-15-17-36(18-16-35)23-9-11-24(12-10-23)40-20-22-5-3-4-6-25(22)34-28(37)14-8-21-7-13-26(39-2)27(19-21)41-29(38)30(31,32)33/h3-14,19H,15-18,20H2,1-2H3,(H,34,37)/b14-8+. The first kappa shape index (κ1) is 29.5. The lowest BCUT2D eigenvalue weighted by molar-refractivity contribution is -0.189. The van der Waals surface area contributed by atoms with Crippen LogP contribution in [0.1, 0.15) is 11.1 Å². The van der Waals surface area contributed by atoms with E-state index in [0.29, 0.717) is 17.0 Å². The van der Waals surface area contributed by atoms with Gasteiger partial charge in [0, 0.05) is 49.2 Å².